The van der Waals surface area contributed by atoms with Gasteiger partial charge in [0, 0.05) is 30.7 Å². The summed E-state index contributed by atoms with van der Waals surface area (Å²) in [5, 5.41) is 4.82. The summed E-state index contributed by atoms with van der Waals surface area (Å²) in [5.74, 6) is -0.197. The van der Waals surface area contributed by atoms with Crippen molar-refractivity contribution in [1.29, 1.82) is 0 Å². The van der Waals surface area contributed by atoms with Gasteiger partial charge < -0.3 is 4.90 Å². The van der Waals surface area contributed by atoms with E-state index in [1.807, 2.05) is 32.0 Å². The maximum atomic E-state index is 12.6. The molecule has 0 saturated carbocycles. The van der Waals surface area contributed by atoms with E-state index in [2.05, 4.69) is 5.10 Å². The van der Waals surface area contributed by atoms with Crippen molar-refractivity contribution in [1.82, 2.24) is 14.7 Å². The molecule has 1 aromatic heterocycles. The lowest BCUT2D eigenvalue weighted by atomic mass is 10.2. The number of nitrogens with zero attached hydrogens (tertiary/aromatic N) is 3. The van der Waals surface area contributed by atoms with Gasteiger partial charge in [-0.1, -0.05) is 30.7 Å². The average Bonchev–Trinajstić information content (AvgIpc) is 2.54. The van der Waals surface area contributed by atoms with E-state index in [1.165, 1.54) is 16.8 Å². The Labute approximate surface area is 140 Å². The van der Waals surface area contributed by atoms with Crippen LogP contribution in [0.3, 0.4) is 0 Å². The fourth-order valence-electron chi connectivity index (χ4n) is 2.28. The van der Waals surface area contributed by atoms with Crippen molar-refractivity contribution in [2.75, 3.05) is 6.54 Å². The van der Waals surface area contributed by atoms with E-state index in [1.54, 1.807) is 11.0 Å². The first-order valence-electron chi connectivity index (χ1n) is 7.67. The van der Waals surface area contributed by atoms with Crippen molar-refractivity contribution in [3.63, 3.8) is 0 Å². The van der Waals surface area contributed by atoms with Crippen LogP contribution in [0, 0.1) is 0 Å². The maximum Gasteiger partial charge on any atom is 0.274 e. The molecule has 2 rings (SSSR count). The largest absolute Gasteiger partial charge is 0.333 e. The number of carbonyl (C=O) groups excluding carboxylic acids is 1. The average molecular weight is 334 g/mol. The Morgan fingerprint density at radius 1 is 1.26 bits per heavy atom. The third-order valence-corrected chi connectivity index (χ3v) is 3.69. The third kappa shape index (κ3) is 4.42. The number of hydrogen-bond acceptors (Lipinski definition) is 3. The van der Waals surface area contributed by atoms with Crippen LogP contribution >= 0.6 is 11.6 Å². The predicted molar refractivity (Wildman–Crippen MR) is 90.7 cm³/mol. The highest BCUT2D eigenvalue weighted by Crippen LogP contribution is 2.13. The maximum absolute atomic E-state index is 12.6. The number of aryl methyl sites for hydroxylation is 1. The SMILES string of the molecule is CCCn1nc(C(=O)N(CC)Cc2cccc(Cl)c2)ccc1=O. The molecular weight excluding hydrogens is 314 g/mol. The van der Waals surface area contributed by atoms with E-state index in [0.29, 0.717) is 24.7 Å². The Bertz CT molecular complexity index is 743. The Morgan fingerprint density at radius 2 is 2.04 bits per heavy atom. The number of hydrogen-bond donors (Lipinski definition) is 0. The van der Waals surface area contributed by atoms with E-state index in [0.717, 1.165) is 12.0 Å². The standard InChI is InChI=1S/C17H20ClN3O2/c1-3-10-21-16(22)9-8-15(19-21)17(23)20(4-2)12-13-6-5-7-14(18)11-13/h5-9,11H,3-4,10,12H2,1-2H3. The molecule has 6 heteroatoms. The van der Waals surface area contributed by atoms with Crippen LogP contribution in [0.25, 0.3) is 0 Å². The van der Waals surface area contributed by atoms with E-state index >= 15 is 0 Å². The molecule has 0 saturated heterocycles. The highest BCUT2D eigenvalue weighted by Gasteiger charge is 2.17. The van der Waals surface area contributed by atoms with Crippen LogP contribution in [0.2, 0.25) is 5.02 Å². The molecule has 2 aromatic rings. The monoisotopic (exact) mass is 333 g/mol. The number of rotatable bonds is 6. The van der Waals surface area contributed by atoms with Gasteiger partial charge in [0.2, 0.25) is 0 Å². The predicted octanol–water partition coefficient (Wildman–Crippen LogP) is 2.97. The van der Waals surface area contributed by atoms with Crippen molar-refractivity contribution in [2.45, 2.75) is 33.4 Å². The normalized spacial score (nSPS) is 10.6. The topological polar surface area (TPSA) is 55.2 Å². The minimum Gasteiger partial charge on any atom is -0.333 e. The highest BCUT2D eigenvalue weighted by molar-refractivity contribution is 6.30. The van der Waals surface area contributed by atoms with Crippen molar-refractivity contribution in [3.8, 4) is 0 Å². The van der Waals surface area contributed by atoms with E-state index in [4.69, 9.17) is 11.6 Å². The summed E-state index contributed by atoms with van der Waals surface area (Å²) in [7, 11) is 0. The number of benzene rings is 1. The summed E-state index contributed by atoms with van der Waals surface area (Å²) in [6.07, 6.45) is 0.782. The molecule has 0 atom stereocenters. The van der Waals surface area contributed by atoms with Crippen LogP contribution < -0.4 is 5.56 Å². The molecule has 1 heterocycles. The highest BCUT2D eigenvalue weighted by atomic mass is 35.5. The molecule has 0 unspecified atom stereocenters. The first-order valence-corrected chi connectivity index (χ1v) is 8.04. The van der Waals surface area contributed by atoms with Gasteiger partial charge in [-0.2, -0.15) is 5.10 Å². The van der Waals surface area contributed by atoms with Gasteiger partial charge in [-0.05, 0) is 37.1 Å². The Kier molecular flexibility index (Phi) is 5.93. The van der Waals surface area contributed by atoms with Crippen LogP contribution in [0.15, 0.2) is 41.2 Å². The molecule has 1 aromatic carbocycles. The molecule has 0 N–H and O–H groups in total. The van der Waals surface area contributed by atoms with Crippen LogP contribution in [-0.4, -0.2) is 27.1 Å². The second-order valence-corrected chi connectivity index (χ2v) is 5.67. The Morgan fingerprint density at radius 3 is 2.70 bits per heavy atom. The fraction of sp³-hybridized carbons (Fsp3) is 0.353. The van der Waals surface area contributed by atoms with Gasteiger partial charge in [0.1, 0.15) is 5.69 Å². The van der Waals surface area contributed by atoms with E-state index < -0.39 is 0 Å². The van der Waals surface area contributed by atoms with Crippen LogP contribution in [0.5, 0.6) is 0 Å². The van der Waals surface area contributed by atoms with Crippen LogP contribution in [0.1, 0.15) is 36.3 Å². The minimum absolute atomic E-state index is 0.193. The molecule has 0 aliphatic heterocycles. The second kappa shape index (κ2) is 7.92. The zero-order valence-corrected chi connectivity index (χ0v) is 14.1. The molecular formula is C17H20ClN3O2. The summed E-state index contributed by atoms with van der Waals surface area (Å²) >= 11 is 5.99. The molecule has 0 aliphatic rings. The first-order chi connectivity index (χ1) is 11.0. The van der Waals surface area contributed by atoms with E-state index in [9.17, 15) is 9.59 Å². The van der Waals surface area contributed by atoms with Crippen LogP contribution in [-0.2, 0) is 13.1 Å². The van der Waals surface area contributed by atoms with Crippen LogP contribution in [0.4, 0.5) is 0 Å². The first kappa shape index (κ1) is 17.2. The molecule has 0 fully saturated rings. The molecule has 0 spiro atoms. The smallest absolute Gasteiger partial charge is 0.274 e. The molecule has 23 heavy (non-hydrogen) atoms. The minimum atomic E-state index is -0.197. The molecule has 122 valence electrons. The zero-order valence-electron chi connectivity index (χ0n) is 13.3. The Balaban J connectivity index is 2.22. The van der Waals surface area contributed by atoms with Crippen molar-refractivity contribution in [3.05, 3.63) is 63.0 Å². The van der Waals surface area contributed by atoms with Gasteiger partial charge in [-0.3, -0.25) is 9.59 Å². The van der Waals surface area contributed by atoms with Gasteiger partial charge >= 0.3 is 0 Å². The van der Waals surface area contributed by atoms with Gasteiger partial charge in [0.25, 0.3) is 11.5 Å². The molecule has 1 amide bonds. The van der Waals surface area contributed by atoms with Crippen molar-refractivity contribution >= 4 is 17.5 Å². The quantitative estimate of drug-likeness (QED) is 0.816. The molecule has 0 aliphatic carbocycles. The lowest BCUT2D eigenvalue weighted by molar-refractivity contribution is 0.0743. The molecule has 0 bridgehead atoms. The van der Waals surface area contributed by atoms with Gasteiger partial charge in [-0.25, -0.2) is 4.68 Å². The summed E-state index contributed by atoms with van der Waals surface area (Å²) in [4.78, 5) is 26.0. The van der Waals surface area contributed by atoms with E-state index in [-0.39, 0.29) is 17.2 Å². The lowest BCUT2D eigenvalue weighted by Gasteiger charge is -2.21. The summed E-state index contributed by atoms with van der Waals surface area (Å²) in [5.41, 5.74) is 1.04. The Hall–Kier alpha value is -2.14. The number of amides is 1. The number of carbonyl (C=O) groups is 1. The summed E-state index contributed by atoms with van der Waals surface area (Å²) < 4.78 is 1.33. The van der Waals surface area contributed by atoms with Gasteiger partial charge in [0.15, 0.2) is 0 Å². The fourth-order valence-corrected chi connectivity index (χ4v) is 2.49. The zero-order chi connectivity index (χ0) is 16.8. The second-order valence-electron chi connectivity index (χ2n) is 5.23. The molecule has 5 nitrogen and oxygen atoms in total. The number of halogens is 1. The third-order valence-electron chi connectivity index (χ3n) is 3.45. The molecule has 0 radical (unpaired) electrons. The summed E-state index contributed by atoms with van der Waals surface area (Å²) in [6.45, 7) is 5.36. The number of aromatic nitrogens is 2. The van der Waals surface area contributed by atoms with Crippen molar-refractivity contribution < 1.29 is 4.79 Å². The van der Waals surface area contributed by atoms with Crippen molar-refractivity contribution in [2.24, 2.45) is 0 Å². The lowest BCUT2D eigenvalue weighted by Crippen LogP contribution is -2.33. The van der Waals surface area contributed by atoms with Gasteiger partial charge in [0.05, 0.1) is 0 Å². The summed E-state index contributed by atoms with van der Waals surface area (Å²) in [6, 6.07) is 10.3. The van der Waals surface area contributed by atoms with Gasteiger partial charge in [-0.15, -0.1) is 0 Å².